The summed E-state index contributed by atoms with van der Waals surface area (Å²) in [5.74, 6) is -0.350. The van der Waals surface area contributed by atoms with Crippen LogP contribution in [0.25, 0.3) is 11.3 Å². The molecular formula is C21H23F3N2O2. The van der Waals surface area contributed by atoms with Gasteiger partial charge in [-0.05, 0) is 51.0 Å². The van der Waals surface area contributed by atoms with E-state index in [1.165, 1.54) is 19.9 Å². The van der Waals surface area contributed by atoms with Crippen molar-refractivity contribution in [3.8, 4) is 11.3 Å². The number of carbonyl (C=O) groups excluding carboxylic acids is 1. The Balaban J connectivity index is 1.85. The summed E-state index contributed by atoms with van der Waals surface area (Å²) in [5, 5.41) is 9.98. The van der Waals surface area contributed by atoms with Gasteiger partial charge in [-0.15, -0.1) is 0 Å². The van der Waals surface area contributed by atoms with Gasteiger partial charge >= 0.3 is 6.18 Å². The minimum atomic E-state index is -4.41. The number of alkyl halides is 3. The molecule has 0 spiro atoms. The first kappa shape index (κ1) is 20.3. The van der Waals surface area contributed by atoms with E-state index in [4.69, 9.17) is 0 Å². The lowest BCUT2D eigenvalue weighted by Crippen LogP contribution is -2.48. The number of hydrogen-bond acceptors (Lipinski definition) is 3. The van der Waals surface area contributed by atoms with Crippen molar-refractivity contribution in [2.75, 3.05) is 13.1 Å². The van der Waals surface area contributed by atoms with E-state index in [0.29, 0.717) is 24.3 Å². The van der Waals surface area contributed by atoms with E-state index in [0.717, 1.165) is 30.7 Å². The number of aromatic nitrogens is 1. The molecule has 1 amide bonds. The lowest BCUT2D eigenvalue weighted by Gasteiger charge is -2.35. The second-order valence-corrected chi connectivity index (χ2v) is 7.68. The number of likely N-dealkylation sites (tertiary alicyclic amines) is 1. The van der Waals surface area contributed by atoms with Crippen molar-refractivity contribution >= 4 is 5.91 Å². The van der Waals surface area contributed by atoms with Crippen LogP contribution in [0.1, 0.15) is 43.9 Å². The summed E-state index contributed by atoms with van der Waals surface area (Å²) in [5.41, 5.74) is -0.540. The van der Waals surface area contributed by atoms with Gasteiger partial charge in [-0.2, -0.15) is 13.2 Å². The van der Waals surface area contributed by atoms with Crippen molar-refractivity contribution in [3.05, 3.63) is 53.7 Å². The second kappa shape index (κ2) is 7.54. The van der Waals surface area contributed by atoms with Gasteiger partial charge in [-0.25, -0.2) is 0 Å². The summed E-state index contributed by atoms with van der Waals surface area (Å²) < 4.78 is 39.0. The van der Waals surface area contributed by atoms with Crippen LogP contribution in [0.4, 0.5) is 13.2 Å². The molecule has 3 rings (SSSR count). The third kappa shape index (κ3) is 4.52. The van der Waals surface area contributed by atoms with Gasteiger partial charge < -0.3 is 10.0 Å². The number of benzene rings is 1. The van der Waals surface area contributed by atoms with Gasteiger partial charge in [-0.3, -0.25) is 9.78 Å². The van der Waals surface area contributed by atoms with Crippen LogP contribution >= 0.6 is 0 Å². The van der Waals surface area contributed by atoms with Crippen molar-refractivity contribution in [3.63, 3.8) is 0 Å². The Labute approximate surface area is 162 Å². The summed E-state index contributed by atoms with van der Waals surface area (Å²) in [4.78, 5) is 18.6. The zero-order valence-electron chi connectivity index (χ0n) is 15.8. The lowest BCUT2D eigenvalue weighted by molar-refractivity contribution is -0.149. The number of carbonyl (C=O) groups is 1. The van der Waals surface area contributed by atoms with E-state index >= 15 is 0 Å². The Morgan fingerprint density at radius 3 is 2.57 bits per heavy atom. The molecule has 0 radical (unpaired) electrons. The maximum Gasteiger partial charge on any atom is 0.416 e. The summed E-state index contributed by atoms with van der Waals surface area (Å²) in [7, 11) is 0. The van der Waals surface area contributed by atoms with Gasteiger partial charge in [0.15, 0.2) is 0 Å². The first-order chi connectivity index (χ1) is 13.1. The third-order valence-electron chi connectivity index (χ3n) is 4.91. The molecule has 1 aromatic heterocycles. The van der Waals surface area contributed by atoms with E-state index in [1.54, 1.807) is 23.1 Å². The molecule has 0 saturated carbocycles. The number of aliphatic hydroxyl groups is 1. The quantitative estimate of drug-likeness (QED) is 0.850. The number of pyridine rings is 1. The van der Waals surface area contributed by atoms with Crippen LogP contribution in [0.3, 0.4) is 0 Å². The average Bonchev–Trinajstić information content (AvgIpc) is 2.66. The Kier molecular flexibility index (Phi) is 5.48. The highest BCUT2D eigenvalue weighted by Crippen LogP contribution is 2.33. The molecule has 1 atom stereocenters. The standard InChI is InChI=1S/C21H23F3N2O2/c1-20(2,28)19(27)26-11-5-7-15(13-26)18-10-4-9-17(25-18)14-6-3-8-16(12-14)21(22,23)24/h3-4,6,8-10,12,15,28H,5,7,11,13H2,1-2H3/t15-/m0/s1. The fourth-order valence-electron chi connectivity index (χ4n) is 3.48. The van der Waals surface area contributed by atoms with Gasteiger partial charge in [0.05, 0.1) is 11.3 Å². The highest BCUT2D eigenvalue weighted by Gasteiger charge is 2.33. The van der Waals surface area contributed by atoms with Crippen LogP contribution in [0.2, 0.25) is 0 Å². The molecule has 1 N–H and O–H groups in total. The summed E-state index contributed by atoms with van der Waals surface area (Å²) in [6.07, 6.45) is -2.80. The molecule has 28 heavy (non-hydrogen) atoms. The molecule has 150 valence electrons. The fourth-order valence-corrected chi connectivity index (χ4v) is 3.48. The Morgan fingerprint density at radius 1 is 1.18 bits per heavy atom. The van der Waals surface area contributed by atoms with Gasteiger partial charge in [0.2, 0.25) is 0 Å². The number of hydrogen-bond donors (Lipinski definition) is 1. The van der Waals surface area contributed by atoms with Crippen molar-refractivity contribution < 1.29 is 23.1 Å². The molecule has 1 aliphatic heterocycles. The van der Waals surface area contributed by atoms with Gasteiger partial charge in [-0.1, -0.05) is 18.2 Å². The summed E-state index contributed by atoms with van der Waals surface area (Å²) >= 11 is 0. The molecule has 7 heteroatoms. The summed E-state index contributed by atoms with van der Waals surface area (Å²) in [6.45, 7) is 3.94. The molecule has 1 fully saturated rings. The second-order valence-electron chi connectivity index (χ2n) is 7.68. The highest BCUT2D eigenvalue weighted by atomic mass is 19.4. The molecular weight excluding hydrogens is 369 g/mol. The normalized spacial score (nSPS) is 18.2. The van der Waals surface area contributed by atoms with Crippen LogP contribution in [0, 0.1) is 0 Å². The highest BCUT2D eigenvalue weighted by molar-refractivity contribution is 5.84. The van der Waals surface area contributed by atoms with E-state index in [2.05, 4.69) is 4.98 Å². The van der Waals surface area contributed by atoms with Crippen molar-refractivity contribution in [1.29, 1.82) is 0 Å². The number of piperidine rings is 1. The van der Waals surface area contributed by atoms with Crippen molar-refractivity contribution in [1.82, 2.24) is 9.88 Å². The molecule has 0 unspecified atom stereocenters. The summed E-state index contributed by atoms with van der Waals surface area (Å²) in [6, 6.07) is 10.4. The van der Waals surface area contributed by atoms with E-state index in [-0.39, 0.29) is 11.8 Å². The van der Waals surface area contributed by atoms with Crippen LogP contribution in [0.15, 0.2) is 42.5 Å². The lowest BCUT2D eigenvalue weighted by atomic mass is 9.92. The SMILES string of the molecule is CC(C)(O)C(=O)N1CCC[C@H](c2cccc(-c3cccc(C(F)(F)F)c3)n2)C1. The van der Waals surface area contributed by atoms with E-state index < -0.39 is 17.3 Å². The van der Waals surface area contributed by atoms with Crippen LogP contribution in [0.5, 0.6) is 0 Å². The van der Waals surface area contributed by atoms with Gasteiger partial charge in [0.1, 0.15) is 5.60 Å². The van der Waals surface area contributed by atoms with Crippen molar-refractivity contribution in [2.24, 2.45) is 0 Å². The minimum Gasteiger partial charge on any atom is -0.381 e. The fraction of sp³-hybridized carbons (Fsp3) is 0.429. The zero-order valence-corrected chi connectivity index (χ0v) is 15.8. The van der Waals surface area contributed by atoms with Crippen LogP contribution < -0.4 is 0 Å². The molecule has 1 aromatic carbocycles. The van der Waals surface area contributed by atoms with E-state index in [1.807, 2.05) is 6.07 Å². The third-order valence-corrected chi connectivity index (χ3v) is 4.91. The van der Waals surface area contributed by atoms with Crippen LogP contribution in [-0.2, 0) is 11.0 Å². The number of rotatable bonds is 3. The van der Waals surface area contributed by atoms with Crippen molar-refractivity contribution in [2.45, 2.75) is 44.4 Å². The largest absolute Gasteiger partial charge is 0.416 e. The van der Waals surface area contributed by atoms with Gasteiger partial charge in [0, 0.05) is 30.3 Å². The Hall–Kier alpha value is -2.41. The molecule has 2 heterocycles. The van der Waals surface area contributed by atoms with Gasteiger partial charge in [0.25, 0.3) is 5.91 Å². The monoisotopic (exact) mass is 392 g/mol. The number of amides is 1. The molecule has 1 saturated heterocycles. The Bertz CT molecular complexity index is 859. The molecule has 0 aliphatic carbocycles. The Morgan fingerprint density at radius 2 is 1.89 bits per heavy atom. The van der Waals surface area contributed by atoms with E-state index in [9.17, 15) is 23.1 Å². The predicted molar refractivity (Wildman–Crippen MR) is 99.5 cm³/mol. The molecule has 0 bridgehead atoms. The smallest absolute Gasteiger partial charge is 0.381 e. The topological polar surface area (TPSA) is 53.4 Å². The van der Waals surface area contributed by atoms with Crippen LogP contribution in [-0.4, -0.2) is 39.6 Å². The number of halogens is 3. The molecule has 2 aromatic rings. The molecule has 1 aliphatic rings. The first-order valence-corrected chi connectivity index (χ1v) is 9.22. The maximum atomic E-state index is 13.0. The minimum absolute atomic E-state index is 0.0224. The average molecular weight is 392 g/mol. The predicted octanol–water partition coefficient (Wildman–Crippen LogP) is 4.24. The number of nitrogens with zero attached hydrogens (tertiary/aromatic N) is 2. The molecule has 4 nitrogen and oxygen atoms in total. The zero-order chi connectivity index (χ0) is 20.5. The maximum absolute atomic E-state index is 13.0. The first-order valence-electron chi connectivity index (χ1n) is 9.22.